The van der Waals surface area contributed by atoms with E-state index in [9.17, 15) is 9.18 Å². The number of rotatable bonds is 7. The SMILES string of the molecule is O=C(CCCc1ccc(F)cc1)N[C@H]1CC[C@H]1NC1CCCC1. The fraction of sp³-hybridized carbons (Fsp3) is 0.632. The molecule has 2 N–H and O–H groups in total. The quantitative estimate of drug-likeness (QED) is 0.810. The van der Waals surface area contributed by atoms with Crippen molar-refractivity contribution < 1.29 is 9.18 Å². The highest BCUT2D eigenvalue weighted by Gasteiger charge is 2.33. The highest BCUT2D eigenvalue weighted by Crippen LogP contribution is 2.25. The van der Waals surface area contributed by atoms with E-state index in [0.29, 0.717) is 24.5 Å². The van der Waals surface area contributed by atoms with Gasteiger partial charge in [-0.1, -0.05) is 25.0 Å². The number of nitrogens with one attached hydrogen (secondary N) is 2. The van der Waals surface area contributed by atoms with Gasteiger partial charge in [-0.05, 0) is 56.2 Å². The summed E-state index contributed by atoms with van der Waals surface area (Å²) in [7, 11) is 0. The summed E-state index contributed by atoms with van der Waals surface area (Å²) in [6.45, 7) is 0. The van der Waals surface area contributed by atoms with E-state index in [-0.39, 0.29) is 11.7 Å². The van der Waals surface area contributed by atoms with Gasteiger partial charge in [-0.2, -0.15) is 0 Å². The van der Waals surface area contributed by atoms with Crippen molar-refractivity contribution in [3.05, 3.63) is 35.6 Å². The van der Waals surface area contributed by atoms with Crippen LogP contribution >= 0.6 is 0 Å². The van der Waals surface area contributed by atoms with E-state index in [2.05, 4.69) is 10.6 Å². The topological polar surface area (TPSA) is 41.1 Å². The van der Waals surface area contributed by atoms with Crippen molar-refractivity contribution in [2.75, 3.05) is 0 Å². The average Bonchev–Trinajstić information content (AvgIpc) is 3.04. The average molecular weight is 318 g/mol. The van der Waals surface area contributed by atoms with Gasteiger partial charge in [0.15, 0.2) is 0 Å². The first-order valence-corrected chi connectivity index (χ1v) is 9.00. The number of carbonyl (C=O) groups is 1. The maximum absolute atomic E-state index is 12.8. The number of amides is 1. The van der Waals surface area contributed by atoms with E-state index in [1.54, 1.807) is 12.1 Å². The normalized spacial score (nSPS) is 24.4. The Morgan fingerprint density at radius 2 is 1.74 bits per heavy atom. The van der Waals surface area contributed by atoms with Crippen LogP contribution in [0.1, 0.15) is 56.9 Å². The van der Waals surface area contributed by atoms with Crippen molar-refractivity contribution in [2.24, 2.45) is 0 Å². The van der Waals surface area contributed by atoms with Crippen LogP contribution in [0.5, 0.6) is 0 Å². The van der Waals surface area contributed by atoms with E-state index >= 15 is 0 Å². The predicted octanol–water partition coefficient (Wildman–Crippen LogP) is 3.33. The van der Waals surface area contributed by atoms with Crippen molar-refractivity contribution in [1.82, 2.24) is 10.6 Å². The molecule has 0 radical (unpaired) electrons. The molecule has 0 aliphatic heterocycles. The molecule has 2 atom stereocenters. The van der Waals surface area contributed by atoms with Crippen LogP contribution in [-0.2, 0) is 11.2 Å². The van der Waals surface area contributed by atoms with E-state index in [1.807, 2.05) is 0 Å². The van der Waals surface area contributed by atoms with Gasteiger partial charge in [-0.15, -0.1) is 0 Å². The zero-order valence-corrected chi connectivity index (χ0v) is 13.7. The summed E-state index contributed by atoms with van der Waals surface area (Å²) in [4.78, 5) is 12.1. The Balaban J connectivity index is 1.33. The molecule has 0 aromatic heterocycles. The summed E-state index contributed by atoms with van der Waals surface area (Å²) in [6, 6.07) is 7.99. The highest BCUT2D eigenvalue weighted by atomic mass is 19.1. The fourth-order valence-electron chi connectivity index (χ4n) is 3.65. The zero-order valence-electron chi connectivity index (χ0n) is 13.7. The van der Waals surface area contributed by atoms with Crippen LogP contribution in [0.2, 0.25) is 0 Å². The molecule has 4 heteroatoms. The largest absolute Gasteiger partial charge is 0.352 e. The van der Waals surface area contributed by atoms with Gasteiger partial charge in [-0.25, -0.2) is 4.39 Å². The Hall–Kier alpha value is -1.42. The second kappa shape index (κ2) is 7.91. The lowest BCUT2D eigenvalue weighted by Gasteiger charge is -2.39. The zero-order chi connectivity index (χ0) is 16.1. The van der Waals surface area contributed by atoms with Crippen molar-refractivity contribution in [2.45, 2.75) is 75.9 Å². The number of aryl methyl sites for hydroxylation is 1. The van der Waals surface area contributed by atoms with Gasteiger partial charge in [0.2, 0.25) is 5.91 Å². The number of halogens is 1. The van der Waals surface area contributed by atoms with Gasteiger partial charge in [0.1, 0.15) is 5.82 Å². The smallest absolute Gasteiger partial charge is 0.220 e. The molecular weight excluding hydrogens is 291 g/mol. The summed E-state index contributed by atoms with van der Waals surface area (Å²) >= 11 is 0. The number of hydrogen-bond acceptors (Lipinski definition) is 2. The van der Waals surface area contributed by atoms with Crippen molar-refractivity contribution >= 4 is 5.91 Å². The minimum Gasteiger partial charge on any atom is -0.352 e. The highest BCUT2D eigenvalue weighted by molar-refractivity contribution is 5.76. The number of hydrogen-bond donors (Lipinski definition) is 2. The molecule has 2 aliphatic carbocycles. The van der Waals surface area contributed by atoms with Crippen LogP contribution in [0.3, 0.4) is 0 Å². The summed E-state index contributed by atoms with van der Waals surface area (Å²) in [5.41, 5.74) is 1.09. The first kappa shape index (κ1) is 16.4. The van der Waals surface area contributed by atoms with Gasteiger partial charge < -0.3 is 10.6 Å². The molecule has 1 aromatic carbocycles. The minimum atomic E-state index is -0.211. The first-order chi connectivity index (χ1) is 11.2. The first-order valence-electron chi connectivity index (χ1n) is 9.00. The summed E-state index contributed by atoms with van der Waals surface area (Å²) in [6.07, 6.45) is 9.70. The third-order valence-electron chi connectivity index (χ3n) is 5.21. The van der Waals surface area contributed by atoms with Crippen LogP contribution < -0.4 is 10.6 Å². The molecule has 2 aliphatic rings. The number of benzene rings is 1. The van der Waals surface area contributed by atoms with Crippen molar-refractivity contribution in [3.63, 3.8) is 0 Å². The third-order valence-corrected chi connectivity index (χ3v) is 5.21. The molecule has 0 spiro atoms. The number of carbonyl (C=O) groups excluding carboxylic acids is 1. The van der Waals surface area contributed by atoms with Gasteiger partial charge in [0.25, 0.3) is 0 Å². The van der Waals surface area contributed by atoms with E-state index in [0.717, 1.165) is 24.8 Å². The van der Waals surface area contributed by atoms with Crippen LogP contribution in [0.15, 0.2) is 24.3 Å². The Kier molecular flexibility index (Phi) is 5.65. The molecule has 0 heterocycles. The molecule has 0 unspecified atom stereocenters. The summed E-state index contributed by atoms with van der Waals surface area (Å²) in [5, 5.41) is 6.88. The molecule has 2 saturated carbocycles. The van der Waals surface area contributed by atoms with Crippen molar-refractivity contribution in [3.8, 4) is 0 Å². The standard InChI is InChI=1S/C19H27FN2O/c20-15-10-8-14(9-11-15)4-3-7-19(23)22-18-13-12-17(18)21-16-5-1-2-6-16/h8-11,16-18,21H,1-7,12-13H2,(H,22,23)/t17-,18+/m1/s1. The van der Waals surface area contributed by atoms with Crippen LogP contribution in [0.4, 0.5) is 4.39 Å². The molecule has 23 heavy (non-hydrogen) atoms. The maximum Gasteiger partial charge on any atom is 0.220 e. The van der Waals surface area contributed by atoms with Gasteiger partial charge in [0.05, 0.1) is 0 Å². The second-order valence-electron chi connectivity index (χ2n) is 6.99. The second-order valence-corrected chi connectivity index (χ2v) is 6.99. The van der Waals surface area contributed by atoms with E-state index < -0.39 is 0 Å². The molecule has 2 fully saturated rings. The van der Waals surface area contributed by atoms with Crippen LogP contribution in [-0.4, -0.2) is 24.0 Å². The lowest BCUT2D eigenvalue weighted by Crippen LogP contribution is -2.58. The molecule has 1 aromatic rings. The lowest BCUT2D eigenvalue weighted by atomic mass is 9.85. The molecule has 3 rings (SSSR count). The molecule has 126 valence electrons. The van der Waals surface area contributed by atoms with Gasteiger partial charge >= 0.3 is 0 Å². The Bertz CT molecular complexity index is 511. The van der Waals surface area contributed by atoms with Crippen molar-refractivity contribution in [1.29, 1.82) is 0 Å². The minimum absolute atomic E-state index is 0.148. The van der Waals surface area contributed by atoms with Gasteiger partial charge in [0, 0.05) is 24.5 Å². The summed E-state index contributed by atoms with van der Waals surface area (Å²) in [5.74, 6) is -0.0627. The molecule has 0 saturated heterocycles. The Labute approximate surface area is 138 Å². The molecule has 1 amide bonds. The molecule has 3 nitrogen and oxygen atoms in total. The predicted molar refractivity (Wildman–Crippen MR) is 89.7 cm³/mol. The van der Waals surface area contributed by atoms with Gasteiger partial charge in [-0.3, -0.25) is 4.79 Å². The fourth-order valence-corrected chi connectivity index (χ4v) is 3.65. The van der Waals surface area contributed by atoms with Crippen LogP contribution in [0, 0.1) is 5.82 Å². The lowest BCUT2D eigenvalue weighted by molar-refractivity contribution is -0.122. The monoisotopic (exact) mass is 318 g/mol. The Morgan fingerprint density at radius 3 is 2.39 bits per heavy atom. The van der Waals surface area contributed by atoms with Crippen LogP contribution in [0.25, 0.3) is 0 Å². The maximum atomic E-state index is 12.8. The molecular formula is C19H27FN2O. The van der Waals surface area contributed by atoms with E-state index in [1.165, 1.54) is 44.2 Å². The van der Waals surface area contributed by atoms with E-state index in [4.69, 9.17) is 0 Å². The molecule has 0 bridgehead atoms. The Morgan fingerprint density at radius 1 is 1.04 bits per heavy atom. The third kappa shape index (κ3) is 4.77. The summed E-state index contributed by atoms with van der Waals surface area (Å²) < 4.78 is 12.8.